The SMILES string of the molecule is Cc1c(C(=O)NCc2cc3n(n2)CCNC3)sc2ncn(C)c(=O)c12. The first-order valence-corrected chi connectivity index (χ1v) is 8.85. The average molecular weight is 358 g/mol. The molecule has 0 fully saturated rings. The fourth-order valence-corrected chi connectivity index (χ4v) is 4.07. The molecule has 0 aromatic carbocycles. The molecule has 1 aliphatic heterocycles. The van der Waals surface area contributed by atoms with E-state index in [-0.39, 0.29) is 11.5 Å². The van der Waals surface area contributed by atoms with Crippen LogP contribution in [0.15, 0.2) is 17.2 Å². The van der Waals surface area contributed by atoms with Crippen LogP contribution in [0.2, 0.25) is 0 Å². The number of nitrogens with one attached hydrogen (secondary N) is 2. The summed E-state index contributed by atoms with van der Waals surface area (Å²) in [5.74, 6) is -0.202. The Labute approximate surface area is 147 Å². The summed E-state index contributed by atoms with van der Waals surface area (Å²) in [7, 11) is 1.65. The van der Waals surface area contributed by atoms with E-state index in [0.29, 0.717) is 27.2 Å². The topological polar surface area (TPSA) is 93.8 Å². The molecule has 0 saturated carbocycles. The third kappa shape index (κ3) is 2.75. The van der Waals surface area contributed by atoms with Gasteiger partial charge in [-0.2, -0.15) is 5.10 Å². The van der Waals surface area contributed by atoms with Gasteiger partial charge in [0.15, 0.2) is 0 Å². The first-order valence-electron chi connectivity index (χ1n) is 8.04. The van der Waals surface area contributed by atoms with Crippen molar-refractivity contribution in [3.63, 3.8) is 0 Å². The maximum atomic E-state index is 12.6. The van der Waals surface area contributed by atoms with Crippen molar-refractivity contribution in [2.24, 2.45) is 7.05 Å². The number of rotatable bonds is 3. The molecule has 4 rings (SSSR count). The Balaban J connectivity index is 1.56. The summed E-state index contributed by atoms with van der Waals surface area (Å²) in [5, 5.41) is 11.2. The Morgan fingerprint density at radius 3 is 3.12 bits per heavy atom. The minimum absolute atomic E-state index is 0.132. The first-order chi connectivity index (χ1) is 12.0. The van der Waals surface area contributed by atoms with Crippen molar-refractivity contribution < 1.29 is 4.79 Å². The van der Waals surface area contributed by atoms with Crippen molar-refractivity contribution in [1.29, 1.82) is 0 Å². The Bertz CT molecular complexity index is 1010. The van der Waals surface area contributed by atoms with Crippen molar-refractivity contribution in [2.75, 3.05) is 6.54 Å². The Kier molecular flexibility index (Phi) is 3.89. The molecule has 9 heteroatoms. The zero-order valence-corrected chi connectivity index (χ0v) is 14.8. The first kappa shape index (κ1) is 16.0. The zero-order valence-electron chi connectivity index (χ0n) is 14.0. The largest absolute Gasteiger partial charge is 0.346 e. The minimum Gasteiger partial charge on any atom is -0.346 e. The van der Waals surface area contributed by atoms with Crippen LogP contribution in [0.3, 0.4) is 0 Å². The molecule has 0 atom stereocenters. The number of thiophene rings is 1. The molecule has 0 bridgehead atoms. The molecule has 130 valence electrons. The lowest BCUT2D eigenvalue weighted by molar-refractivity contribution is 0.0954. The summed E-state index contributed by atoms with van der Waals surface area (Å²) >= 11 is 1.25. The van der Waals surface area contributed by atoms with Crippen LogP contribution >= 0.6 is 11.3 Å². The van der Waals surface area contributed by atoms with Crippen LogP contribution < -0.4 is 16.2 Å². The molecule has 0 unspecified atom stereocenters. The Morgan fingerprint density at radius 2 is 2.32 bits per heavy atom. The number of amides is 1. The van der Waals surface area contributed by atoms with Crippen LogP contribution in [-0.2, 0) is 26.7 Å². The Hall–Kier alpha value is -2.52. The van der Waals surface area contributed by atoms with E-state index < -0.39 is 0 Å². The van der Waals surface area contributed by atoms with E-state index in [2.05, 4.69) is 20.7 Å². The van der Waals surface area contributed by atoms with Gasteiger partial charge in [-0.25, -0.2) is 4.98 Å². The summed E-state index contributed by atoms with van der Waals surface area (Å²) in [6.45, 7) is 4.69. The van der Waals surface area contributed by atoms with Gasteiger partial charge < -0.3 is 15.2 Å². The highest BCUT2D eigenvalue weighted by Crippen LogP contribution is 2.26. The summed E-state index contributed by atoms with van der Waals surface area (Å²) in [4.78, 5) is 30.2. The van der Waals surface area contributed by atoms with E-state index in [1.807, 2.05) is 10.7 Å². The molecule has 8 nitrogen and oxygen atoms in total. The third-order valence-corrected chi connectivity index (χ3v) is 5.57. The summed E-state index contributed by atoms with van der Waals surface area (Å²) in [6, 6.07) is 2.00. The number of aryl methyl sites for hydroxylation is 2. The van der Waals surface area contributed by atoms with E-state index in [0.717, 1.165) is 31.0 Å². The second kappa shape index (κ2) is 6.08. The van der Waals surface area contributed by atoms with Gasteiger partial charge in [-0.05, 0) is 18.6 Å². The van der Waals surface area contributed by atoms with E-state index in [1.165, 1.54) is 22.2 Å². The van der Waals surface area contributed by atoms with Crippen molar-refractivity contribution in [1.82, 2.24) is 30.0 Å². The molecule has 0 radical (unpaired) electrons. The molecule has 0 spiro atoms. The van der Waals surface area contributed by atoms with Gasteiger partial charge in [0.25, 0.3) is 11.5 Å². The van der Waals surface area contributed by atoms with Gasteiger partial charge >= 0.3 is 0 Å². The van der Waals surface area contributed by atoms with Crippen LogP contribution in [0.4, 0.5) is 0 Å². The van der Waals surface area contributed by atoms with Crippen LogP contribution in [0, 0.1) is 6.92 Å². The number of carbonyl (C=O) groups excluding carboxylic acids is 1. The maximum Gasteiger partial charge on any atom is 0.262 e. The summed E-state index contributed by atoms with van der Waals surface area (Å²) in [6.07, 6.45) is 1.48. The number of nitrogens with zero attached hydrogens (tertiary/aromatic N) is 4. The lowest BCUT2D eigenvalue weighted by Crippen LogP contribution is -2.28. The quantitative estimate of drug-likeness (QED) is 0.712. The van der Waals surface area contributed by atoms with Gasteiger partial charge in [-0.3, -0.25) is 14.3 Å². The van der Waals surface area contributed by atoms with Gasteiger partial charge in [0.2, 0.25) is 0 Å². The molecule has 2 N–H and O–H groups in total. The number of aromatic nitrogens is 4. The monoisotopic (exact) mass is 358 g/mol. The normalized spacial score (nSPS) is 13.8. The zero-order chi connectivity index (χ0) is 17.6. The molecule has 3 aromatic heterocycles. The highest BCUT2D eigenvalue weighted by molar-refractivity contribution is 7.20. The van der Waals surface area contributed by atoms with Gasteiger partial charge in [0, 0.05) is 20.1 Å². The number of fused-ring (bicyclic) bond motifs is 2. The predicted molar refractivity (Wildman–Crippen MR) is 94.7 cm³/mol. The standard InChI is InChI=1S/C16H18N6O2S/c1-9-12-15(19-8-21(2)16(12)24)25-13(9)14(23)18-6-10-5-11-7-17-3-4-22(11)20-10/h5,8,17H,3-4,6-7H2,1-2H3,(H,18,23). The molecule has 1 aliphatic rings. The number of carbonyl (C=O) groups is 1. The van der Waals surface area contributed by atoms with Crippen molar-refractivity contribution >= 4 is 27.5 Å². The number of hydrogen-bond acceptors (Lipinski definition) is 6. The van der Waals surface area contributed by atoms with Crippen molar-refractivity contribution in [3.05, 3.63) is 44.6 Å². The third-order valence-electron chi connectivity index (χ3n) is 4.37. The predicted octanol–water partition coefficient (Wildman–Crippen LogP) is 0.533. The summed E-state index contributed by atoms with van der Waals surface area (Å²) in [5.41, 5.74) is 2.51. The van der Waals surface area contributed by atoms with E-state index in [1.54, 1.807) is 14.0 Å². The highest BCUT2D eigenvalue weighted by Gasteiger charge is 2.19. The molecule has 4 heterocycles. The van der Waals surface area contributed by atoms with Crippen molar-refractivity contribution in [3.8, 4) is 0 Å². The van der Waals surface area contributed by atoms with Crippen LogP contribution in [0.1, 0.15) is 26.6 Å². The molecule has 0 saturated heterocycles. The lowest BCUT2D eigenvalue weighted by atomic mass is 10.2. The van der Waals surface area contributed by atoms with E-state index in [9.17, 15) is 9.59 Å². The van der Waals surface area contributed by atoms with Gasteiger partial charge in [0.1, 0.15) is 4.83 Å². The minimum atomic E-state index is -0.202. The van der Waals surface area contributed by atoms with Gasteiger partial charge in [-0.1, -0.05) is 0 Å². The Morgan fingerprint density at radius 1 is 1.48 bits per heavy atom. The second-order valence-electron chi connectivity index (χ2n) is 6.11. The fraction of sp³-hybridized carbons (Fsp3) is 0.375. The molecular formula is C16H18N6O2S. The van der Waals surface area contributed by atoms with E-state index >= 15 is 0 Å². The van der Waals surface area contributed by atoms with Crippen LogP contribution in [-0.4, -0.2) is 31.8 Å². The smallest absolute Gasteiger partial charge is 0.262 e. The van der Waals surface area contributed by atoms with Crippen LogP contribution in [0.25, 0.3) is 10.2 Å². The lowest BCUT2D eigenvalue weighted by Gasteiger charge is -2.13. The molecule has 0 aliphatic carbocycles. The average Bonchev–Trinajstić information content (AvgIpc) is 3.17. The molecule has 25 heavy (non-hydrogen) atoms. The summed E-state index contributed by atoms with van der Waals surface area (Å²) < 4.78 is 3.39. The van der Waals surface area contributed by atoms with Gasteiger partial charge in [0.05, 0.1) is 41.1 Å². The second-order valence-corrected chi connectivity index (χ2v) is 7.11. The van der Waals surface area contributed by atoms with Crippen LogP contribution in [0.5, 0.6) is 0 Å². The molecule has 1 amide bonds. The molecule has 3 aromatic rings. The van der Waals surface area contributed by atoms with Gasteiger partial charge in [-0.15, -0.1) is 11.3 Å². The molecular weight excluding hydrogens is 340 g/mol. The fourth-order valence-electron chi connectivity index (χ4n) is 3.02. The number of hydrogen-bond donors (Lipinski definition) is 2. The maximum absolute atomic E-state index is 12.6. The van der Waals surface area contributed by atoms with Crippen molar-refractivity contribution in [2.45, 2.75) is 26.6 Å². The highest BCUT2D eigenvalue weighted by atomic mass is 32.1. The van der Waals surface area contributed by atoms with E-state index in [4.69, 9.17) is 0 Å².